The maximum atomic E-state index is 13.1. The van der Waals surface area contributed by atoms with Crippen molar-refractivity contribution in [3.8, 4) is 0 Å². The first-order valence-corrected chi connectivity index (χ1v) is 6.22. The minimum atomic E-state index is -0.247. The maximum Gasteiger partial charge on any atom is 0.137 e. The summed E-state index contributed by atoms with van der Waals surface area (Å²) in [6, 6.07) is 15.3. The molecule has 0 aliphatic rings. The molecule has 17 heavy (non-hydrogen) atoms. The Morgan fingerprint density at radius 3 is 2.47 bits per heavy atom. The molecule has 0 aliphatic carbocycles. The van der Waals surface area contributed by atoms with Gasteiger partial charge in [-0.2, -0.15) is 0 Å². The zero-order chi connectivity index (χ0) is 12.3. The molecule has 0 spiro atoms. The highest BCUT2D eigenvalue weighted by Gasteiger charge is 2.06. The molecule has 0 heterocycles. The van der Waals surface area contributed by atoms with E-state index in [4.69, 9.17) is 0 Å². The van der Waals surface area contributed by atoms with Crippen LogP contribution < -0.4 is 5.32 Å². The number of halogens is 2. The van der Waals surface area contributed by atoms with Gasteiger partial charge in [0.1, 0.15) is 5.82 Å². The second-order valence-corrected chi connectivity index (χ2v) is 4.76. The van der Waals surface area contributed by atoms with Crippen molar-refractivity contribution >= 4 is 21.6 Å². The van der Waals surface area contributed by atoms with E-state index >= 15 is 0 Å². The summed E-state index contributed by atoms with van der Waals surface area (Å²) in [5.74, 6) is -0.247. The molecule has 0 aromatic heterocycles. The van der Waals surface area contributed by atoms with Crippen LogP contribution in [0.25, 0.3) is 0 Å². The monoisotopic (exact) mass is 293 g/mol. The Balaban J connectivity index is 2.13. The Morgan fingerprint density at radius 1 is 1.12 bits per heavy atom. The van der Waals surface area contributed by atoms with Gasteiger partial charge in [0.25, 0.3) is 0 Å². The highest BCUT2D eigenvalue weighted by atomic mass is 79.9. The number of benzene rings is 2. The van der Waals surface area contributed by atoms with Crippen molar-refractivity contribution in [2.45, 2.75) is 13.0 Å². The summed E-state index contributed by atoms with van der Waals surface area (Å²) in [6.45, 7) is 2.08. The van der Waals surface area contributed by atoms with Gasteiger partial charge in [-0.15, -0.1) is 0 Å². The lowest BCUT2D eigenvalue weighted by Gasteiger charge is -2.15. The smallest absolute Gasteiger partial charge is 0.137 e. The molecule has 0 aliphatic heterocycles. The fourth-order valence-electron chi connectivity index (χ4n) is 1.66. The summed E-state index contributed by atoms with van der Waals surface area (Å²) in [5, 5.41) is 3.33. The van der Waals surface area contributed by atoms with E-state index in [1.165, 1.54) is 11.6 Å². The highest BCUT2D eigenvalue weighted by Crippen LogP contribution is 2.23. The van der Waals surface area contributed by atoms with E-state index in [1.807, 2.05) is 18.2 Å². The van der Waals surface area contributed by atoms with Crippen LogP contribution in [0, 0.1) is 5.82 Å². The van der Waals surface area contributed by atoms with E-state index in [1.54, 1.807) is 12.1 Å². The predicted molar refractivity (Wildman–Crippen MR) is 72.6 cm³/mol. The number of rotatable bonds is 3. The number of hydrogen-bond acceptors (Lipinski definition) is 1. The van der Waals surface area contributed by atoms with Gasteiger partial charge in [0.2, 0.25) is 0 Å². The van der Waals surface area contributed by atoms with Crippen LogP contribution in [0.5, 0.6) is 0 Å². The van der Waals surface area contributed by atoms with Crippen LogP contribution in [0.2, 0.25) is 0 Å². The van der Waals surface area contributed by atoms with Gasteiger partial charge in [-0.25, -0.2) is 4.39 Å². The van der Waals surface area contributed by atoms with E-state index in [-0.39, 0.29) is 11.9 Å². The van der Waals surface area contributed by atoms with Crippen LogP contribution in [0.1, 0.15) is 18.5 Å². The van der Waals surface area contributed by atoms with Gasteiger partial charge in [0, 0.05) is 11.7 Å². The van der Waals surface area contributed by atoms with Crippen molar-refractivity contribution in [3.63, 3.8) is 0 Å². The zero-order valence-corrected chi connectivity index (χ0v) is 11.0. The molecule has 1 nitrogen and oxygen atoms in total. The maximum absolute atomic E-state index is 13.1. The molecule has 0 saturated carbocycles. The third kappa shape index (κ3) is 3.07. The number of hydrogen-bond donors (Lipinski definition) is 1. The lowest BCUT2D eigenvalue weighted by Crippen LogP contribution is -2.06. The topological polar surface area (TPSA) is 12.0 Å². The molecular weight excluding hydrogens is 281 g/mol. The molecule has 2 aromatic rings. The lowest BCUT2D eigenvalue weighted by molar-refractivity contribution is 0.621. The van der Waals surface area contributed by atoms with Gasteiger partial charge in [-0.1, -0.05) is 30.3 Å². The van der Waals surface area contributed by atoms with Gasteiger partial charge in [-0.3, -0.25) is 0 Å². The minimum Gasteiger partial charge on any atom is -0.378 e. The Morgan fingerprint density at radius 2 is 1.82 bits per heavy atom. The van der Waals surface area contributed by atoms with E-state index < -0.39 is 0 Å². The van der Waals surface area contributed by atoms with Crippen LogP contribution in [0.3, 0.4) is 0 Å². The third-order valence-electron chi connectivity index (χ3n) is 2.60. The zero-order valence-electron chi connectivity index (χ0n) is 9.45. The number of anilines is 1. The van der Waals surface area contributed by atoms with Crippen LogP contribution in [0.15, 0.2) is 53.0 Å². The molecule has 1 atom stereocenters. The predicted octanol–water partition coefficient (Wildman–Crippen LogP) is 4.76. The molecule has 1 unspecified atom stereocenters. The third-order valence-corrected chi connectivity index (χ3v) is 3.21. The second-order valence-electron chi connectivity index (χ2n) is 3.91. The Kier molecular flexibility index (Phi) is 3.79. The van der Waals surface area contributed by atoms with Crippen molar-refractivity contribution in [1.29, 1.82) is 0 Å². The van der Waals surface area contributed by atoms with Crippen molar-refractivity contribution in [1.82, 2.24) is 0 Å². The van der Waals surface area contributed by atoms with E-state index in [0.29, 0.717) is 4.47 Å². The number of nitrogens with one attached hydrogen (secondary N) is 1. The lowest BCUT2D eigenvalue weighted by atomic mass is 10.1. The molecule has 2 aromatic carbocycles. The Hall–Kier alpha value is -1.35. The summed E-state index contributed by atoms with van der Waals surface area (Å²) in [6.07, 6.45) is 0. The molecule has 88 valence electrons. The average molecular weight is 294 g/mol. The molecule has 1 N–H and O–H groups in total. The second kappa shape index (κ2) is 5.32. The first-order valence-electron chi connectivity index (χ1n) is 5.43. The van der Waals surface area contributed by atoms with Crippen molar-refractivity contribution < 1.29 is 4.39 Å². The molecular formula is C14H13BrFN. The van der Waals surface area contributed by atoms with Crippen LogP contribution >= 0.6 is 15.9 Å². The fraction of sp³-hybridized carbons (Fsp3) is 0.143. The Bertz CT molecular complexity index is 499. The Labute approximate surface area is 109 Å². The highest BCUT2D eigenvalue weighted by molar-refractivity contribution is 9.10. The molecule has 0 fully saturated rings. The fourth-order valence-corrected chi connectivity index (χ4v) is 2.04. The summed E-state index contributed by atoms with van der Waals surface area (Å²) >= 11 is 3.18. The summed E-state index contributed by atoms with van der Waals surface area (Å²) in [7, 11) is 0. The summed E-state index contributed by atoms with van der Waals surface area (Å²) < 4.78 is 13.6. The van der Waals surface area contributed by atoms with Gasteiger partial charge in [-0.05, 0) is 46.6 Å². The minimum absolute atomic E-state index is 0.188. The van der Waals surface area contributed by atoms with Gasteiger partial charge < -0.3 is 5.32 Å². The standard InChI is InChI=1S/C14H13BrFN/c1-10(11-5-3-2-4-6-11)17-12-7-8-14(16)13(15)9-12/h2-10,17H,1H3. The first-order chi connectivity index (χ1) is 8.16. The van der Waals surface area contributed by atoms with Crippen LogP contribution in [0.4, 0.5) is 10.1 Å². The molecule has 0 amide bonds. The normalized spacial score (nSPS) is 12.2. The molecule has 0 saturated heterocycles. The van der Waals surface area contributed by atoms with Crippen LogP contribution in [-0.2, 0) is 0 Å². The molecule has 2 rings (SSSR count). The van der Waals surface area contributed by atoms with Gasteiger partial charge >= 0.3 is 0 Å². The quantitative estimate of drug-likeness (QED) is 0.860. The van der Waals surface area contributed by atoms with Crippen molar-refractivity contribution in [2.75, 3.05) is 5.32 Å². The van der Waals surface area contributed by atoms with E-state index in [2.05, 4.69) is 40.3 Å². The largest absolute Gasteiger partial charge is 0.378 e. The molecule has 0 bridgehead atoms. The van der Waals surface area contributed by atoms with E-state index in [0.717, 1.165) is 5.69 Å². The van der Waals surface area contributed by atoms with Gasteiger partial charge in [0.15, 0.2) is 0 Å². The SMILES string of the molecule is CC(Nc1ccc(F)c(Br)c1)c1ccccc1. The molecule has 0 radical (unpaired) electrons. The average Bonchev–Trinajstić information content (AvgIpc) is 2.35. The summed E-state index contributed by atoms with van der Waals surface area (Å²) in [5.41, 5.74) is 2.10. The van der Waals surface area contributed by atoms with Crippen molar-refractivity contribution in [3.05, 3.63) is 64.4 Å². The molecule has 3 heteroatoms. The summed E-state index contributed by atoms with van der Waals surface area (Å²) in [4.78, 5) is 0. The first kappa shape index (κ1) is 12.1. The van der Waals surface area contributed by atoms with Crippen LogP contribution in [-0.4, -0.2) is 0 Å². The van der Waals surface area contributed by atoms with Gasteiger partial charge in [0.05, 0.1) is 4.47 Å². The van der Waals surface area contributed by atoms with E-state index in [9.17, 15) is 4.39 Å². The van der Waals surface area contributed by atoms with Crippen molar-refractivity contribution in [2.24, 2.45) is 0 Å².